The molecule has 4 aromatic rings. The van der Waals surface area contributed by atoms with Crippen molar-refractivity contribution in [1.82, 2.24) is 9.97 Å². The molecule has 4 rings (SSSR count). The van der Waals surface area contributed by atoms with Crippen LogP contribution in [0.15, 0.2) is 47.8 Å². The maximum Gasteiger partial charge on any atom is 0.226 e. The SMILES string of the molecule is CC(=O)Nc1ccc(-c2csc(NC(=O)CCCCc3nc4ccccc4s3)n2)c(F)c1. The molecular formula is C23H21FN4O2S2. The highest BCUT2D eigenvalue weighted by Gasteiger charge is 2.12. The lowest BCUT2D eigenvalue weighted by molar-refractivity contribution is -0.116. The van der Waals surface area contributed by atoms with Crippen molar-refractivity contribution in [3.05, 3.63) is 58.7 Å². The van der Waals surface area contributed by atoms with E-state index in [9.17, 15) is 14.0 Å². The number of aryl methyl sites for hydroxylation is 1. The summed E-state index contributed by atoms with van der Waals surface area (Å²) in [5.74, 6) is -0.873. The minimum Gasteiger partial charge on any atom is -0.326 e. The van der Waals surface area contributed by atoms with Crippen LogP contribution >= 0.6 is 22.7 Å². The van der Waals surface area contributed by atoms with E-state index in [1.165, 1.54) is 29.0 Å². The van der Waals surface area contributed by atoms with Crippen LogP contribution in [0.2, 0.25) is 0 Å². The fourth-order valence-electron chi connectivity index (χ4n) is 3.23. The Hall–Kier alpha value is -3.17. The summed E-state index contributed by atoms with van der Waals surface area (Å²) in [4.78, 5) is 32.3. The van der Waals surface area contributed by atoms with Gasteiger partial charge in [-0.1, -0.05) is 12.1 Å². The lowest BCUT2D eigenvalue weighted by atomic mass is 10.1. The van der Waals surface area contributed by atoms with Crippen molar-refractivity contribution >= 4 is 55.5 Å². The number of thiazole rings is 2. The maximum atomic E-state index is 14.4. The van der Waals surface area contributed by atoms with Gasteiger partial charge in [-0.25, -0.2) is 14.4 Å². The first kappa shape index (κ1) is 22.0. The van der Waals surface area contributed by atoms with E-state index in [1.807, 2.05) is 18.2 Å². The molecule has 0 unspecified atom stereocenters. The van der Waals surface area contributed by atoms with Crippen LogP contribution in [0, 0.1) is 5.82 Å². The smallest absolute Gasteiger partial charge is 0.226 e. The first-order valence-corrected chi connectivity index (χ1v) is 11.8. The predicted octanol–water partition coefficient (Wildman–Crippen LogP) is 5.87. The van der Waals surface area contributed by atoms with E-state index in [4.69, 9.17) is 0 Å². The minimum atomic E-state index is -0.491. The summed E-state index contributed by atoms with van der Waals surface area (Å²) < 4.78 is 15.6. The van der Waals surface area contributed by atoms with Gasteiger partial charge < -0.3 is 10.6 Å². The molecule has 9 heteroatoms. The number of carbonyl (C=O) groups is 2. The highest BCUT2D eigenvalue weighted by molar-refractivity contribution is 7.18. The Morgan fingerprint density at radius 1 is 1.06 bits per heavy atom. The zero-order chi connectivity index (χ0) is 22.5. The van der Waals surface area contributed by atoms with Gasteiger partial charge in [-0.15, -0.1) is 22.7 Å². The first-order valence-electron chi connectivity index (χ1n) is 10.2. The molecule has 0 bridgehead atoms. The lowest BCUT2D eigenvalue weighted by Gasteiger charge is -2.05. The van der Waals surface area contributed by atoms with E-state index in [1.54, 1.807) is 28.8 Å². The Morgan fingerprint density at radius 2 is 1.91 bits per heavy atom. The van der Waals surface area contributed by atoms with Crippen molar-refractivity contribution in [3.8, 4) is 11.3 Å². The van der Waals surface area contributed by atoms with Crippen molar-refractivity contribution < 1.29 is 14.0 Å². The normalized spacial score (nSPS) is 10.9. The highest BCUT2D eigenvalue weighted by Crippen LogP contribution is 2.29. The molecular weight excluding hydrogens is 447 g/mol. The third-order valence-electron chi connectivity index (χ3n) is 4.70. The molecule has 0 radical (unpaired) electrons. The number of hydrogen-bond acceptors (Lipinski definition) is 6. The predicted molar refractivity (Wildman–Crippen MR) is 128 cm³/mol. The second kappa shape index (κ2) is 9.97. The van der Waals surface area contributed by atoms with E-state index in [0.29, 0.717) is 28.5 Å². The average Bonchev–Trinajstić information content (AvgIpc) is 3.37. The lowest BCUT2D eigenvalue weighted by Crippen LogP contribution is -2.11. The van der Waals surface area contributed by atoms with Crippen LogP contribution in [0.3, 0.4) is 0 Å². The van der Waals surface area contributed by atoms with Crippen LogP contribution in [0.5, 0.6) is 0 Å². The third kappa shape index (κ3) is 5.54. The molecule has 0 aliphatic carbocycles. The fourth-order valence-corrected chi connectivity index (χ4v) is 4.96. The summed E-state index contributed by atoms with van der Waals surface area (Å²) in [6, 6.07) is 12.5. The molecule has 0 aliphatic heterocycles. The van der Waals surface area contributed by atoms with Crippen LogP contribution < -0.4 is 10.6 Å². The molecule has 2 N–H and O–H groups in total. The Labute approximate surface area is 192 Å². The Kier molecular flexibility index (Phi) is 6.87. The van der Waals surface area contributed by atoms with E-state index in [0.717, 1.165) is 29.8 Å². The Bertz CT molecular complexity index is 1230. The first-order chi connectivity index (χ1) is 15.5. The van der Waals surface area contributed by atoms with Crippen LogP contribution in [0.4, 0.5) is 15.2 Å². The summed E-state index contributed by atoms with van der Waals surface area (Å²) in [5, 5.41) is 8.54. The monoisotopic (exact) mass is 468 g/mol. The van der Waals surface area contributed by atoms with E-state index in [-0.39, 0.29) is 11.8 Å². The summed E-state index contributed by atoms with van der Waals surface area (Å²) in [7, 11) is 0. The van der Waals surface area contributed by atoms with Gasteiger partial charge in [-0.05, 0) is 49.6 Å². The van der Waals surface area contributed by atoms with Gasteiger partial charge in [0.15, 0.2) is 5.13 Å². The second-order valence-electron chi connectivity index (χ2n) is 7.24. The minimum absolute atomic E-state index is 0.114. The van der Waals surface area contributed by atoms with Crippen LogP contribution in [0.25, 0.3) is 21.5 Å². The summed E-state index contributed by atoms with van der Waals surface area (Å²) >= 11 is 2.94. The fraction of sp³-hybridized carbons (Fsp3) is 0.217. The highest BCUT2D eigenvalue weighted by atomic mass is 32.1. The van der Waals surface area contributed by atoms with E-state index >= 15 is 0 Å². The second-order valence-corrected chi connectivity index (χ2v) is 9.22. The number of anilines is 2. The number of amides is 2. The summed E-state index contributed by atoms with van der Waals surface area (Å²) in [6.45, 7) is 1.36. The van der Waals surface area contributed by atoms with Crippen molar-refractivity contribution in [1.29, 1.82) is 0 Å². The number of nitrogens with zero attached hydrogens (tertiary/aromatic N) is 2. The molecule has 0 saturated heterocycles. The number of hydrogen-bond donors (Lipinski definition) is 2. The molecule has 164 valence electrons. The van der Waals surface area contributed by atoms with Gasteiger partial charge in [0, 0.05) is 30.0 Å². The number of fused-ring (bicyclic) bond motifs is 1. The van der Waals surface area contributed by atoms with Gasteiger partial charge >= 0.3 is 0 Å². The number of halogens is 1. The van der Waals surface area contributed by atoms with Crippen LogP contribution in [-0.4, -0.2) is 21.8 Å². The molecule has 2 aromatic heterocycles. The van der Waals surface area contributed by atoms with Crippen molar-refractivity contribution in [2.24, 2.45) is 0 Å². The molecule has 0 atom stereocenters. The Morgan fingerprint density at radius 3 is 2.69 bits per heavy atom. The molecule has 6 nitrogen and oxygen atoms in total. The number of aromatic nitrogens is 2. The van der Waals surface area contributed by atoms with E-state index in [2.05, 4.69) is 26.7 Å². The molecule has 2 amide bonds. The van der Waals surface area contributed by atoms with Gasteiger partial charge in [0.05, 0.1) is 20.9 Å². The van der Waals surface area contributed by atoms with Gasteiger partial charge in [0.25, 0.3) is 0 Å². The van der Waals surface area contributed by atoms with Crippen molar-refractivity contribution in [2.75, 3.05) is 10.6 Å². The number of nitrogens with one attached hydrogen (secondary N) is 2. The topological polar surface area (TPSA) is 84.0 Å². The number of para-hydroxylation sites is 1. The van der Waals surface area contributed by atoms with Crippen molar-refractivity contribution in [2.45, 2.75) is 32.6 Å². The molecule has 0 fully saturated rings. The zero-order valence-electron chi connectivity index (χ0n) is 17.4. The quantitative estimate of drug-likeness (QED) is 0.317. The molecule has 2 aromatic carbocycles. The molecule has 0 aliphatic rings. The standard InChI is InChI=1S/C23H21FN4O2S2/c1-14(29)25-15-10-11-16(17(24)12-15)19-13-31-23(27-19)28-21(30)8-4-5-9-22-26-18-6-2-3-7-20(18)32-22/h2-3,6-7,10-13H,4-5,8-9H2,1H3,(H,25,29)(H,27,28,30). The zero-order valence-corrected chi connectivity index (χ0v) is 19.0. The summed E-state index contributed by atoms with van der Waals surface area (Å²) in [6.07, 6.45) is 2.86. The molecule has 0 saturated carbocycles. The Balaban J connectivity index is 1.26. The van der Waals surface area contributed by atoms with Gasteiger partial charge in [0.2, 0.25) is 11.8 Å². The van der Waals surface area contributed by atoms with E-state index < -0.39 is 5.82 Å². The third-order valence-corrected chi connectivity index (χ3v) is 6.55. The average molecular weight is 469 g/mol. The number of rotatable bonds is 8. The molecule has 32 heavy (non-hydrogen) atoms. The van der Waals surface area contributed by atoms with Crippen LogP contribution in [0.1, 0.15) is 31.2 Å². The largest absolute Gasteiger partial charge is 0.326 e. The van der Waals surface area contributed by atoms with Crippen molar-refractivity contribution in [3.63, 3.8) is 0 Å². The van der Waals surface area contributed by atoms with Crippen LogP contribution in [-0.2, 0) is 16.0 Å². The molecule has 0 spiro atoms. The summed E-state index contributed by atoms with van der Waals surface area (Å²) in [5.41, 5.74) is 2.15. The van der Waals surface area contributed by atoms with Gasteiger partial charge in [-0.3, -0.25) is 9.59 Å². The maximum absolute atomic E-state index is 14.4. The van der Waals surface area contributed by atoms with Gasteiger partial charge in [0.1, 0.15) is 5.82 Å². The molecule has 2 heterocycles. The van der Waals surface area contributed by atoms with Gasteiger partial charge in [-0.2, -0.15) is 0 Å². The number of unbranched alkanes of at least 4 members (excludes halogenated alkanes) is 1. The number of benzene rings is 2. The number of carbonyl (C=O) groups excluding carboxylic acids is 2.